The predicted molar refractivity (Wildman–Crippen MR) is 129 cm³/mol. The van der Waals surface area contributed by atoms with E-state index in [2.05, 4.69) is 26.0 Å². The Morgan fingerprint density at radius 2 is 1.91 bits per heavy atom. The van der Waals surface area contributed by atoms with Gasteiger partial charge >= 0.3 is 0 Å². The minimum atomic E-state index is -0.351. The second-order valence-electron chi connectivity index (χ2n) is 6.91. The lowest BCUT2D eigenvalue weighted by Gasteiger charge is -2.11. The van der Waals surface area contributed by atoms with Crippen LogP contribution in [-0.4, -0.2) is 15.9 Å². The van der Waals surface area contributed by atoms with E-state index in [0.717, 1.165) is 4.47 Å². The van der Waals surface area contributed by atoms with Gasteiger partial charge in [0.15, 0.2) is 5.75 Å². The summed E-state index contributed by atoms with van der Waals surface area (Å²) in [5.74, 6) is 0.365. The highest BCUT2D eigenvalue weighted by Crippen LogP contribution is 2.34. The van der Waals surface area contributed by atoms with Crippen molar-refractivity contribution in [2.45, 2.75) is 13.5 Å². The van der Waals surface area contributed by atoms with Gasteiger partial charge in [0.1, 0.15) is 18.2 Å². The third-order valence-electron chi connectivity index (χ3n) is 4.59. The maximum absolute atomic E-state index is 13.3. The van der Waals surface area contributed by atoms with E-state index in [1.165, 1.54) is 23.0 Å². The molecule has 0 saturated carbocycles. The molecule has 1 heterocycles. The van der Waals surface area contributed by atoms with Crippen molar-refractivity contribution in [3.63, 3.8) is 0 Å². The first-order valence-electron chi connectivity index (χ1n) is 9.41. The summed E-state index contributed by atoms with van der Waals surface area (Å²) < 4.78 is 21.0. The predicted octanol–water partition coefficient (Wildman–Crippen LogP) is 6.37. The van der Waals surface area contributed by atoms with Crippen LogP contribution in [0.3, 0.4) is 0 Å². The van der Waals surface area contributed by atoms with Gasteiger partial charge in [-0.1, -0.05) is 51.3 Å². The molecule has 3 aromatic carbocycles. The number of halogens is 4. The van der Waals surface area contributed by atoms with E-state index < -0.39 is 0 Å². The van der Waals surface area contributed by atoms with Crippen LogP contribution in [0.1, 0.15) is 17.0 Å². The van der Waals surface area contributed by atoms with Gasteiger partial charge in [0.25, 0.3) is 5.56 Å². The van der Waals surface area contributed by atoms with E-state index in [4.69, 9.17) is 27.9 Å². The first-order valence-corrected chi connectivity index (χ1v) is 11.0. The minimum absolute atomic E-state index is 0.109. The number of hydrogen-bond donors (Lipinski definition) is 0. The van der Waals surface area contributed by atoms with Crippen molar-refractivity contribution in [1.82, 2.24) is 9.66 Å². The molecule has 162 valence electrons. The minimum Gasteiger partial charge on any atom is -0.486 e. The Morgan fingerprint density at radius 3 is 2.62 bits per heavy atom. The highest BCUT2D eigenvalue weighted by molar-refractivity contribution is 9.10. The molecule has 0 atom stereocenters. The standard InChI is InChI=1S/C23H15BrCl2FN3O2/c1-13-29-21-6-5-16(24)10-18(21)23(31)30(13)28-11-15-8-19(25)22(20(26)9-15)32-12-14-3-2-4-17(27)7-14/h2-11H,12H2,1H3. The van der Waals surface area contributed by atoms with Crippen molar-refractivity contribution in [1.29, 1.82) is 0 Å². The number of benzene rings is 3. The van der Waals surface area contributed by atoms with Crippen molar-refractivity contribution in [3.05, 3.63) is 102 Å². The monoisotopic (exact) mass is 533 g/mol. The van der Waals surface area contributed by atoms with Gasteiger partial charge in [-0.2, -0.15) is 9.78 Å². The van der Waals surface area contributed by atoms with Crippen molar-refractivity contribution < 1.29 is 9.13 Å². The fraction of sp³-hybridized carbons (Fsp3) is 0.0870. The molecule has 0 amide bonds. The molecular weight excluding hydrogens is 520 g/mol. The zero-order valence-electron chi connectivity index (χ0n) is 16.7. The van der Waals surface area contributed by atoms with E-state index in [0.29, 0.717) is 27.9 Å². The van der Waals surface area contributed by atoms with Crippen LogP contribution in [0.25, 0.3) is 10.9 Å². The molecule has 0 aliphatic heterocycles. The molecule has 0 unspecified atom stereocenters. The molecule has 0 spiro atoms. The zero-order valence-corrected chi connectivity index (χ0v) is 19.7. The largest absolute Gasteiger partial charge is 0.486 e. The van der Waals surface area contributed by atoms with E-state index in [1.807, 2.05) is 6.07 Å². The summed E-state index contributed by atoms with van der Waals surface area (Å²) >= 11 is 16.0. The molecule has 9 heteroatoms. The van der Waals surface area contributed by atoms with E-state index in [-0.39, 0.29) is 33.8 Å². The average molecular weight is 535 g/mol. The van der Waals surface area contributed by atoms with Crippen LogP contribution in [0.15, 0.2) is 69.0 Å². The van der Waals surface area contributed by atoms with Crippen LogP contribution < -0.4 is 10.3 Å². The lowest BCUT2D eigenvalue weighted by Crippen LogP contribution is -2.20. The molecule has 5 nitrogen and oxygen atoms in total. The fourth-order valence-electron chi connectivity index (χ4n) is 3.09. The van der Waals surface area contributed by atoms with E-state index in [1.54, 1.807) is 43.3 Å². The van der Waals surface area contributed by atoms with Crippen LogP contribution in [0.4, 0.5) is 4.39 Å². The number of nitrogens with zero attached hydrogens (tertiary/aromatic N) is 3. The van der Waals surface area contributed by atoms with Crippen LogP contribution in [-0.2, 0) is 6.61 Å². The fourth-order valence-corrected chi connectivity index (χ4v) is 4.07. The third-order valence-corrected chi connectivity index (χ3v) is 5.64. The summed E-state index contributed by atoms with van der Waals surface area (Å²) in [4.78, 5) is 17.3. The Hall–Kier alpha value is -2.74. The quantitative estimate of drug-likeness (QED) is 0.279. The summed E-state index contributed by atoms with van der Waals surface area (Å²) in [6.07, 6.45) is 1.47. The SMILES string of the molecule is Cc1nc2ccc(Br)cc2c(=O)n1N=Cc1cc(Cl)c(OCc2cccc(F)c2)c(Cl)c1. The molecule has 0 aliphatic carbocycles. The molecule has 0 saturated heterocycles. The molecule has 0 radical (unpaired) electrons. The zero-order chi connectivity index (χ0) is 22.8. The van der Waals surface area contributed by atoms with Gasteiger partial charge in [-0.15, -0.1) is 0 Å². The topological polar surface area (TPSA) is 56.5 Å². The Morgan fingerprint density at radius 1 is 1.16 bits per heavy atom. The molecular formula is C23H15BrCl2FN3O2. The van der Waals surface area contributed by atoms with Gasteiger partial charge in [-0.05, 0) is 60.5 Å². The van der Waals surface area contributed by atoms with Crippen molar-refractivity contribution in [2.75, 3.05) is 0 Å². The normalized spacial score (nSPS) is 11.4. The van der Waals surface area contributed by atoms with Gasteiger partial charge in [-0.25, -0.2) is 9.37 Å². The molecule has 1 aromatic heterocycles. The van der Waals surface area contributed by atoms with Gasteiger partial charge in [0.05, 0.1) is 27.2 Å². The number of hydrogen-bond acceptors (Lipinski definition) is 4. The smallest absolute Gasteiger partial charge is 0.282 e. The summed E-state index contributed by atoms with van der Waals surface area (Å²) in [5.41, 5.74) is 1.51. The summed E-state index contributed by atoms with van der Waals surface area (Å²) in [7, 11) is 0. The van der Waals surface area contributed by atoms with Gasteiger partial charge < -0.3 is 4.74 Å². The molecule has 0 N–H and O–H groups in total. The first-order chi connectivity index (χ1) is 15.3. The van der Waals surface area contributed by atoms with Crippen LogP contribution >= 0.6 is 39.1 Å². The molecule has 0 aliphatic rings. The maximum Gasteiger partial charge on any atom is 0.282 e. The number of aryl methyl sites for hydroxylation is 1. The maximum atomic E-state index is 13.3. The van der Waals surface area contributed by atoms with Gasteiger partial charge in [-0.3, -0.25) is 4.79 Å². The highest BCUT2D eigenvalue weighted by Gasteiger charge is 2.11. The number of fused-ring (bicyclic) bond motifs is 1. The van der Waals surface area contributed by atoms with Gasteiger partial charge in [0, 0.05) is 4.47 Å². The Kier molecular flexibility index (Phi) is 6.60. The highest BCUT2D eigenvalue weighted by atomic mass is 79.9. The summed E-state index contributed by atoms with van der Waals surface area (Å²) in [6.45, 7) is 1.81. The second kappa shape index (κ2) is 9.40. The van der Waals surface area contributed by atoms with Crippen molar-refractivity contribution >= 4 is 56.2 Å². The van der Waals surface area contributed by atoms with Crippen molar-refractivity contribution in [3.8, 4) is 5.75 Å². The van der Waals surface area contributed by atoms with E-state index >= 15 is 0 Å². The number of ether oxygens (including phenoxy) is 1. The first kappa shape index (κ1) is 22.5. The van der Waals surface area contributed by atoms with E-state index in [9.17, 15) is 9.18 Å². The van der Waals surface area contributed by atoms with Crippen LogP contribution in [0.2, 0.25) is 10.0 Å². The summed E-state index contributed by atoms with van der Waals surface area (Å²) in [5, 5.41) is 5.24. The lowest BCUT2D eigenvalue weighted by molar-refractivity contribution is 0.306. The second-order valence-corrected chi connectivity index (χ2v) is 8.64. The molecule has 0 bridgehead atoms. The molecule has 32 heavy (non-hydrogen) atoms. The van der Waals surface area contributed by atoms with Crippen LogP contribution in [0, 0.1) is 12.7 Å². The Labute approximate surface area is 201 Å². The average Bonchev–Trinajstić information content (AvgIpc) is 2.74. The lowest BCUT2D eigenvalue weighted by atomic mass is 10.2. The number of aromatic nitrogens is 2. The molecule has 0 fully saturated rings. The summed E-state index contributed by atoms with van der Waals surface area (Å²) in [6, 6.07) is 14.6. The van der Waals surface area contributed by atoms with Gasteiger partial charge in [0.2, 0.25) is 0 Å². The van der Waals surface area contributed by atoms with Crippen LogP contribution in [0.5, 0.6) is 5.75 Å². The Bertz CT molecular complexity index is 1400. The third kappa shape index (κ3) is 4.85. The van der Waals surface area contributed by atoms with Crippen molar-refractivity contribution in [2.24, 2.45) is 5.10 Å². The molecule has 4 aromatic rings. The Balaban J connectivity index is 1.61. The number of rotatable bonds is 5. The molecule has 4 rings (SSSR count).